The van der Waals surface area contributed by atoms with Crippen LogP contribution in [0.15, 0.2) is 24.3 Å². The monoisotopic (exact) mass is 140 g/mol. The molecule has 0 saturated carbocycles. The summed E-state index contributed by atoms with van der Waals surface area (Å²) in [4.78, 5) is 0. The molecule has 0 saturated heterocycles. The van der Waals surface area contributed by atoms with Crippen molar-refractivity contribution in [3.63, 3.8) is 0 Å². The van der Waals surface area contributed by atoms with Crippen LogP contribution in [0.1, 0.15) is 40.5 Å². The molecular formula is C10H20. The van der Waals surface area contributed by atoms with Crippen LogP contribution in [0.5, 0.6) is 0 Å². The summed E-state index contributed by atoms with van der Waals surface area (Å²) in [7, 11) is 0. The van der Waals surface area contributed by atoms with Crippen molar-refractivity contribution >= 4 is 0 Å². The van der Waals surface area contributed by atoms with Crippen LogP contribution >= 0.6 is 0 Å². The lowest BCUT2D eigenvalue weighted by Gasteiger charge is -1.92. The van der Waals surface area contributed by atoms with Gasteiger partial charge in [-0.1, -0.05) is 31.6 Å². The van der Waals surface area contributed by atoms with Crippen LogP contribution in [0.25, 0.3) is 0 Å². The molecule has 0 aromatic carbocycles. The van der Waals surface area contributed by atoms with Crippen molar-refractivity contribution < 1.29 is 0 Å². The topological polar surface area (TPSA) is 0 Å². The normalized spacial score (nSPS) is 9.80. The van der Waals surface area contributed by atoms with Crippen molar-refractivity contribution in [1.82, 2.24) is 0 Å². The predicted molar refractivity (Wildman–Crippen MR) is 50.2 cm³/mol. The van der Waals surface area contributed by atoms with Crippen LogP contribution in [-0.2, 0) is 0 Å². The SMILES string of the molecule is C=CCC/C(C)=C\C.CC. The maximum absolute atomic E-state index is 3.64. The molecule has 0 N–H and O–H groups in total. The molecule has 0 aromatic heterocycles. The van der Waals surface area contributed by atoms with Crippen molar-refractivity contribution in [2.75, 3.05) is 0 Å². The first-order chi connectivity index (χ1) is 4.81. The van der Waals surface area contributed by atoms with Crippen molar-refractivity contribution in [3.05, 3.63) is 24.3 Å². The van der Waals surface area contributed by atoms with Gasteiger partial charge in [0.15, 0.2) is 0 Å². The van der Waals surface area contributed by atoms with Crippen LogP contribution in [-0.4, -0.2) is 0 Å². The lowest BCUT2D eigenvalue weighted by Crippen LogP contribution is -1.71. The lowest BCUT2D eigenvalue weighted by molar-refractivity contribution is 0.976. The van der Waals surface area contributed by atoms with Crippen LogP contribution in [0.3, 0.4) is 0 Å². The molecule has 0 unspecified atom stereocenters. The minimum Gasteiger partial charge on any atom is -0.103 e. The second-order valence-electron chi connectivity index (χ2n) is 1.96. The highest BCUT2D eigenvalue weighted by Crippen LogP contribution is 2.02. The molecule has 60 valence electrons. The predicted octanol–water partition coefficient (Wildman–Crippen LogP) is 3.95. The summed E-state index contributed by atoms with van der Waals surface area (Å²) in [5.41, 5.74) is 1.45. The van der Waals surface area contributed by atoms with Crippen LogP contribution in [0.4, 0.5) is 0 Å². The molecule has 0 bridgehead atoms. The fourth-order valence-electron chi connectivity index (χ4n) is 0.474. The van der Waals surface area contributed by atoms with E-state index in [4.69, 9.17) is 0 Å². The van der Waals surface area contributed by atoms with Gasteiger partial charge in [0.05, 0.1) is 0 Å². The quantitative estimate of drug-likeness (QED) is 0.521. The standard InChI is InChI=1S/C8H14.C2H6/c1-4-6-7-8(3)5-2;1-2/h4-5H,1,6-7H2,2-3H3;1-2H3/b8-5-;. The van der Waals surface area contributed by atoms with E-state index in [2.05, 4.69) is 26.5 Å². The smallest absolute Gasteiger partial charge is 0.0289 e. The summed E-state index contributed by atoms with van der Waals surface area (Å²) >= 11 is 0. The fraction of sp³-hybridized carbons (Fsp3) is 0.600. The van der Waals surface area contributed by atoms with Crippen LogP contribution < -0.4 is 0 Å². The van der Waals surface area contributed by atoms with E-state index in [0.29, 0.717) is 0 Å². The molecule has 0 radical (unpaired) electrons. The van der Waals surface area contributed by atoms with Crippen LogP contribution in [0.2, 0.25) is 0 Å². The van der Waals surface area contributed by atoms with E-state index in [0.717, 1.165) is 6.42 Å². The first-order valence-electron chi connectivity index (χ1n) is 4.04. The van der Waals surface area contributed by atoms with E-state index >= 15 is 0 Å². The zero-order chi connectivity index (χ0) is 8.41. The average Bonchev–Trinajstić information content (AvgIpc) is 2.04. The average molecular weight is 140 g/mol. The zero-order valence-electron chi connectivity index (χ0n) is 7.78. The Bertz CT molecular complexity index is 88.2. The Balaban J connectivity index is 0. The molecule has 0 heteroatoms. The first-order valence-corrected chi connectivity index (χ1v) is 4.04. The molecule has 0 rings (SSSR count). The van der Waals surface area contributed by atoms with E-state index < -0.39 is 0 Å². The van der Waals surface area contributed by atoms with Gasteiger partial charge in [0, 0.05) is 0 Å². The summed E-state index contributed by atoms with van der Waals surface area (Å²) in [6.07, 6.45) is 6.37. The molecule has 0 aliphatic carbocycles. The van der Waals surface area contributed by atoms with E-state index in [1.165, 1.54) is 12.0 Å². The third kappa shape index (κ3) is 10.5. The largest absolute Gasteiger partial charge is 0.103 e. The van der Waals surface area contributed by atoms with Gasteiger partial charge >= 0.3 is 0 Å². The second kappa shape index (κ2) is 11.3. The Kier molecular flexibility index (Phi) is 13.8. The maximum atomic E-state index is 3.64. The van der Waals surface area contributed by atoms with Gasteiger partial charge in [-0.15, -0.1) is 6.58 Å². The molecule has 0 aliphatic heterocycles. The van der Waals surface area contributed by atoms with Gasteiger partial charge < -0.3 is 0 Å². The number of hydrogen-bond acceptors (Lipinski definition) is 0. The molecule has 0 aromatic rings. The highest BCUT2D eigenvalue weighted by atomic mass is 13.9. The van der Waals surface area contributed by atoms with Gasteiger partial charge in [-0.3, -0.25) is 0 Å². The first kappa shape index (κ1) is 12.2. The molecule has 0 nitrogen and oxygen atoms in total. The van der Waals surface area contributed by atoms with Crippen molar-refractivity contribution in [1.29, 1.82) is 0 Å². The molecule has 0 amide bonds. The van der Waals surface area contributed by atoms with Crippen molar-refractivity contribution in [2.45, 2.75) is 40.5 Å². The number of rotatable bonds is 3. The molecule has 0 heterocycles. The Morgan fingerprint density at radius 3 is 2.20 bits per heavy atom. The summed E-state index contributed by atoms with van der Waals surface area (Å²) in [6.45, 7) is 11.8. The number of hydrogen-bond donors (Lipinski definition) is 0. The Labute approximate surface area is 65.7 Å². The third-order valence-electron chi connectivity index (χ3n) is 1.24. The summed E-state index contributed by atoms with van der Waals surface area (Å²) < 4.78 is 0. The Morgan fingerprint density at radius 2 is 1.90 bits per heavy atom. The second-order valence-corrected chi connectivity index (χ2v) is 1.96. The molecule has 0 aliphatic rings. The van der Waals surface area contributed by atoms with Crippen LogP contribution in [0, 0.1) is 0 Å². The minimum atomic E-state index is 1.11. The molecule has 0 fully saturated rings. The Morgan fingerprint density at radius 1 is 1.40 bits per heavy atom. The Hall–Kier alpha value is -0.520. The van der Waals surface area contributed by atoms with Gasteiger partial charge in [0.1, 0.15) is 0 Å². The molecule has 0 atom stereocenters. The summed E-state index contributed by atoms with van der Waals surface area (Å²) in [5.74, 6) is 0. The van der Waals surface area contributed by atoms with Gasteiger partial charge in [0.2, 0.25) is 0 Å². The van der Waals surface area contributed by atoms with E-state index in [-0.39, 0.29) is 0 Å². The number of allylic oxidation sites excluding steroid dienone is 3. The zero-order valence-corrected chi connectivity index (χ0v) is 7.78. The minimum absolute atomic E-state index is 1.11. The highest BCUT2D eigenvalue weighted by Gasteiger charge is 1.81. The van der Waals surface area contributed by atoms with Gasteiger partial charge in [-0.2, -0.15) is 0 Å². The van der Waals surface area contributed by atoms with E-state index in [1.807, 2.05) is 19.9 Å². The lowest BCUT2D eigenvalue weighted by atomic mass is 10.1. The van der Waals surface area contributed by atoms with E-state index in [9.17, 15) is 0 Å². The van der Waals surface area contributed by atoms with E-state index in [1.54, 1.807) is 0 Å². The van der Waals surface area contributed by atoms with Gasteiger partial charge in [0.25, 0.3) is 0 Å². The van der Waals surface area contributed by atoms with Gasteiger partial charge in [-0.25, -0.2) is 0 Å². The fourth-order valence-corrected chi connectivity index (χ4v) is 0.474. The third-order valence-corrected chi connectivity index (χ3v) is 1.24. The maximum Gasteiger partial charge on any atom is -0.0289 e. The highest BCUT2D eigenvalue weighted by molar-refractivity contribution is 4.96. The molecule has 10 heavy (non-hydrogen) atoms. The summed E-state index contributed by atoms with van der Waals surface area (Å²) in [6, 6.07) is 0. The van der Waals surface area contributed by atoms with Gasteiger partial charge in [-0.05, 0) is 26.7 Å². The van der Waals surface area contributed by atoms with Crippen molar-refractivity contribution in [2.24, 2.45) is 0 Å². The van der Waals surface area contributed by atoms with Crippen molar-refractivity contribution in [3.8, 4) is 0 Å². The molecule has 0 spiro atoms. The summed E-state index contributed by atoms with van der Waals surface area (Å²) in [5, 5.41) is 0. The molecular weight excluding hydrogens is 120 g/mol.